The van der Waals surface area contributed by atoms with E-state index < -0.39 is 6.04 Å². The number of nitriles is 1. The van der Waals surface area contributed by atoms with Crippen molar-refractivity contribution in [3.05, 3.63) is 71.9 Å². The second-order valence-electron chi connectivity index (χ2n) is 16.3. The van der Waals surface area contributed by atoms with Crippen LogP contribution in [-0.4, -0.2) is 115 Å². The third-order valence-electron chi connectivity index (χ3n) is 12.7. The van der Waals surface area contributed by atoms with Gasteiger partial charge in [-0.3, -0.25) is 24.6 Å². The number of nitrogens with zero attached hydrogens (tertiary/aromatic N) is 8. The first-order valence-corrected chi connectivity index (χ1v) is 20.1. The van der Waals surface area contributed by atoms with Crippen molar-refractivity contribution in [2.75, 3.05) is 85.5 Å². The van der Waals surface area contributed by atoms with Crippen LogP contribution in [0.4, 0.5) is 22.9 Å². The van der Waals surface area contributed by atoms with Crippen LogP contribution in [0.5, 0.6) is 0 Å². The molecular formula is C42H52N10O3. The highest BCUT2D eigenvalue weighted by Crippen LogP contribution is 2.45. The molecule has 2 aromatic carbocycles. The Bertz CT molecular complexity index is 1890. The number of rotatable bonds is 8. The molecule has 5 saturated heterocycles. The maximum atomic E-state index is 13.4. The van der Waals surface area contributed by atoms with Crippen LogP contribution in [-0.2, 0) is 9.59 Å². The fourth-order valence-electron chi connectivity index (χ4n) is 9.43. The molecule has 13 nitrogen and oxygen atoms in total. The smallest absolute Gasteiger partial charge is 0.274 e. The number of amides is 3. The molecular weight excluding hydrogens is 693 g/mol. The molecule has 0 aliphatic carbocycles. The van der Waals surface area contributed by atoms with Crippen LogP contribution in [0.3, 0.4) is 0 Å². The van der Waals surface area contributed by atoms with Crippen molar-refractivity contribution in [2.24, 2.45) is 11.3 Å². The lowest BCUT2D eigenvalue weighted by Gasteiger charge is -2.40. The molecule has 1 aromatic heterocycles. The molecule has 13 heteroatoms. The molecule has 1 spiro atoms. The molecule has 55 heavy (non-hydrogen) atoms. The largest absolute Gasteiger partial charge is 0.374 e. The molecule has 5 aliphatic rings. The number of piperazine rings is 1. The van der Waals surface area contributed by atoms with Gasteiger partial charge < -0.3 is 24.9 Å². The fraction of sp³-hybridized carbons (Fsp3) is 0.524. The van der Waals surface area contributed by atoms with Crippen molar-refractivity contribution in [2.45, 2.75) is 64.0 Å². The van der Waals surface area contributed by atoms with Crippen molar-refractivity contribution in [1.29, 1.82) is 5.26 Å². The van der Waals surface area contributed by atoms with Crippen molar-refractivity contribution in [3.63, 3.8) is 0 Å². The summed E-state index contributed by atoms with van der Waals surface area (Å²) in [7, 11) is 0. The van der Waals surface area contributed by atoms with Gasteiger partial charge in [0.2, 0.25) is 11.8 Å². The number of aromatic nitrogens is 2. The summed E-state index contributed by atoms with van der Waals surface area (Å²) in [6.45, 7) is 11.6. The highest BCUT2D eigenvalue weighted by Gasteiger charge is 2.44. The molecule has 0 saturated carbocycles. The molecule has 6 heterocycles. The number of anilines is 4. The van der Waals surface area contributed by atoms with Crippen molar-refractivity contribution < 1.29 is 14.4 Å². The normalized spacial score (nSPS) is 23.5. The average molecular weight is 745 g/mol. The molecule has 8 rings (SSSR count). The average Bonchev–Trinajstić information content (AvgIpc) is 3.54. The first-order valence-electron chi connectivity index (χ1n) is 20.1. The van der Waals surface area contributed by atoms with E-state index in [1.165, 1.54) is 5.69 Å². The van der Waals surface area contributed by atoms with Crippen molar-refractivity contribution in [1.82, 2.24) is 25.3 Å². The van der Waals surface area contributed by atoms with Crippen LogP contribution >= 0.6 is 0 Å². The zero-order valence-electron chi connectivity index (χ0n) is 31.8. The number of hydrogen-bond donors (Lipinski definition) is 2. The maximum absolute atomic E-state index is 13.4. The molecule has 0 radical (unpaired) electrons. The molecule has 5 aliphatic heterocycles. The highest BCUT2D eigenvalue weighted by atomic mass is 16.2. The Labute approximate surface area is 323 Å². The summed E-state index contributed by atoms with van der Waals surface area (Å²) in [5.41, 5.74) is 4.61. The second kappa shape index (κ2) is 15.9. The van der Waals surface area contributed by atoms with Crippen LogP contribution in [0, 0.1) is 22.7 Å². The van der Waals surface area contributed by atoms with E-state index in [9.17, 15) is 19.6 Å². The molecule has 3 aromatic rings. The number of carbonyl (C=O) groups excluding carboxylic acids is 3. The van der Waals surface area contributed by atoms with Crippen molar-refractivity contribution in [3.8, 4) is 6.07 Å². The highest BCUT2D eigenvalue weighted by molar-refractivity contribution is 6.01. The van der Waals surface area contributed by atoms with E-state index in [1.54, 1.807) is 0 Å². The lowest BCUT2D eigenvalue weighted by Crippen LogP contribution is -2.49. The SMILES string of the molecule is C[C@H]1CC2(CCN(c3ccc(C(=O)N4CCC(CN5CCN(c6cccc(N[C@H]7CCC(=O)NC7=O)c6)CC5)CC4)nn3)CC2)CN1c1ccc(C#N)cc1. The summed E-state index contributed by atoms with van der Waals surface area (Å²) in [4.78, 5) is 48.9. The second-order valence-corrected chi connectivity index (χ2v) is 16.3. The van der Waals surface area contributed by atoms with Crippen LogP contribution in [0.15, 0.2) is 60.7 Å². The van der Waals surface area contributed by atoms with Gasteiger partial charge >= 0.3 is 0 Å². The summed E-state index contributed by atoms with van der Waals surface area (Å²) >= 11 is 0. The topological polar surface area (TPSA) is 141 Å². The van der Waals surface area contributed by atoms with Gasteiger partial charge in [0.25, 0.3) is 5.91 Å². The van der Waals surface area contributed by atoms with Crippen molar-refractivity contribution >= 4 is 40.6 Å². The third kappa shape index (κ3) is 8.25. The van der Waals surface area contributed by atoms with Gasteiger partial charge in [0.1, 0.15) is 6.04 Å². The quantitative estimate of drug-likeness (QED) is 0.322. The maximum Gasteiger partial charge on any atom is 0.274 e. The van der Waals surface area contributed by atoms with Gasteiger partial charge in [-0.25, -0.2) is 0 Å². The van der Waals surface area contributed by atoms with E-state index in [1.807, 2.05) is 41.3 Å². The van der Waals surface area contributed by atoms with E-state index in [0.29, 0.717) is 36.1 Å². The number of likely N-dealkylation sites (tertiary alicyclic amines) is 1. The first kappa shape index (κ1) is 36.7. The monoisotopic (exact) mass is 744 g/mol. The Hall–Kier alpha value is -5.22. The van der Waals surface area contributed by atoms with E-state index in [2.05, 4.69) is 77.7 Å². The number of benzene rings is 2. The number of nitrogens with one attached hydrogen (secondary N) is 2. The van der Waals surface area contributed by atoms with Gasteiger partial charge in [-0.05, 0) is 111 Å². The van der Waals surface area contributed by atoms with Crippen LogP contribution in [0.25, 0.3) is 0 Å². The minimum absolute atomic E-state index is 0.0270. The Kier molecular flexibility index (Phi) is 10.6. The summed E-state index contributed by atoms with van der Waals surface area (Å²) in [6, 6.07) is 22.3. The molecule has 288 valence electrons. The number of imide groups is 1. The Morgan fingerprint density at radius 3 is 2.35 bits per heavy atom. The van der Waals surface area contributed by atoms with Crippen LogP contribution in [0.1, 0.15) is 67.9 Å². The summed E-state index contributed by atoms with van der Waals surface area (Å²) < 4.78 is 0. The minimum atomic E-state index is -0.393. The summed E-state index contributed by atoms with van der Waals surface area (Å²) in [5.74, 6) is 0.912. The van der Waals surface area contributed by atoms with Gasteiger partial charge in [0, 0.05) is 95.0 Å². The van der Waals surface area contributed by atoms with E-state index in [0.717, 1.165) is 115 Å². The molecule has 2 atom stereocenters. The number of hydrogen-bond acceptors (Lipinski definition) is 11. The Balaban J connectivity index is 0.760. The van der Waals surface area contributed by atoms with E-state index in [4.69, 9.17) is 0 Å². The van der Waals surface area contributed by atoms with Gasteiger partial charge in [0.15, 0.2) is 11.5 Å². The number of carbonyl (C=O) groups is 3. The van der Waals surface area contributed by atoms with E-state index >= 15 is 0 Å². The van der Waals surface area contributed by atoms with E-state index in [-0.39, 0.29) is 23.1 Å². The van der Waals surface area contributed by atoms with Crippen LogP contribution < -0.4 is 25.3 Å². The Morgan fingerprint density at radius 1 is 0.891 bits per heavy atom. The zero-order valence-corrected chi connectivity index (χ0v) is 31.8. The predicted molar refractivity (Wildman–Crippen MR) is 212 cm³/mol. The first-order chi connectivity index (χ1) is 26.7. The molecule has 2 N–H and O–H groups in total. The summed E-state index contributed by atoms with van der Waals surface area (Å²) in [5, 5.41) is 23.9. The van der Waals surface area contributed by atoms with Gasteiger partial charge in [-0.15, -0.1) is 10.2 Å². The molecule has 0 bridgehead atoms. The van der Waals surface area contributed by atoms with Crippen LogP contribution in [0.2, 0.25) is 0 Å². The minimum Gasteiger partial charge on any atom is -0.374 e. The fourth-order valence-corrected chi connectivity index (χ4v) is 9.43. The lowest BCUT2D eigenvalue weighted by molar-refractivity contribution is -0.133. The predicted octanol–water partition coefficient (Wildman–Crippen LogP) is 4.13. The molecule has 3 amide bonds. The Morgan fingerprint density at radius 2 is 1.65 bits per heavy atom. The summed E-state index contributed by atoms with van der Waals surface area (Å²) in [6.07, 6.45) is 6.19. The molecule has 0 unspecified atom stereocenters. The zero-order chi connectivity index (χ0) is 37.9. The number of piperidine rings is 3. The standard InChI is InChI=1S/C42H52N10O3/c1-30-26-42(29-52(30)34-7-5-31(27-43)6-8-34)15-19-50(20-16-42)38-11-9-37(46-47-38)41(55)51-17-13-32(14-18-51)28-48-21-23-49(24-22-48)35-4-2-3-33(25-35)44-36-10-12-39(53)45-40(36)54/h2-9,11,25,30,32,36,44H,10,12-24,26,28-29H2,1H3,(H,45,53,54)/t30-,36-/m0/s1. The molecule has 5 fully saturated rings. The van der Waals surface area contributed by atoms with Gasteiger partial charge in [-0.1, -0.05) is 6.07 Å². The van der Waals surface area contributed by atoms with Gasteiger partial charge in [0.05, 0.1) is 11.6 Å². The third-order valence-corrected chi connectivity index (χ3v) is 12.7. The van der Waals surface area contributed by atoms with Gasteiger partial charge in [-0.2, -0.15) is 5.26 Å². The lowest BCUT2D eigenvalue weighted by atomic mass is 9.77.